The molecule has 0 bridgehead atoms. The van der Waals surface area contributed by atoms with Crippen LogP contribution in [-0.4, -0.2) is 22.2 Å². The molecular weight excluding hydrogens is 363 g/mol. The van der Waals surface area contributed by atoms with Crippen molar-refractivity contribution in [3.63, 3.8) is 0 Å². The molecule has 0 aliphatic rings. The topological polar surface area (TPSA) is 74.6 Å². The van der Waals surface area contributed by atoms with Gasteiger partial charge < -0.3 is 10.2 Å². The Hall–Kier alpha value is -0.554. The molecule has 5 heteroatoms. The predicted molar refractivity (Wildman–Crippen MR) is 100 cm³/mol. The standard InChI is InChI=1S/2C10H20O2.Co/c1-10(2,3)8-6-4-5-7-9(11)12;1-9(2)7-5-3-4-6-8-10(11)12;/h4-8H2,1-3H3,(H,11,12);9H,3-8H2,1-2H3,(H,11,12);. The van der Waals surface area contributed by atoms with E-state index >= 15 is 0 Å². The van der Waals surface area contributed by atoms with Crippen molar-refractivity contribution in [3.8, 4) is 0 Å². The first-order chi connectivity index (χ1) is 11.0. The van der Waals surface area contributed by atoms with Crippen molar-refractivity contribution in [1.29, 1.82) is 0 Å². The number of carboxylic acid groups (broad SMARTS) is 2. The Bertz CT molecular complexity index is 322. The molecule has 153 valence electrons. The van der Waals surface area contributed by atoms with Gasteiger partial charge in [0.25, 0.3) is 0 Å². The van der Waals surface area contributed by atoms with Crippen LogP contribution in [-0.2, 0) is 26.4 Å². The molecule has 0 spiro atoms. The summed E-state index contributed by atoms with van der Waals surface area (Å²) in [5, 5.41) is 16.7. The summed E-state index contributed by atoms with van der Waals surface area (Å²) in [6, 6.07) is 0. The van der Waals surface area contributed by atoms with Crippen molar-refractivity contribution in [2.75, 3.05) is 0 Å². The van der Waals surface area contributed by atoms with E-state index in [0.717, 1.165) is 38.0 Å². The maximum atomic E-state index is 10.2. The van der Waals surface area contributed by atoms with Gasteiger partial charge in [0.1, 0.15) is 0 Å². The molecule has 0 aromatic rings. The summed E-state index contributed by atoms with van der Waals surface area (Å²) in [6.07, 6.45) is 10.5. The van der Waals surface area contributed by atoms with Crippen molar-refractivity contribution in [3.05, 3.63) is 0 Å². The Morgan fingerprint density at radius 2 is 1.16 bits per heavy atom. The molecule has 0 aliphatic carbocycles. The van der Waals surface area contributed by atoms with Gasteiger partial charge in [-0.1, -0.05) is 73.1 Å². The van der Waals surface area contributed by atoms with Crippen molar-refractivity contribution in [1.82, 2.24) is 0 Å². The molecule has 0 aliphatic heterocycles. The van der Waals surface area contributed by atoms with Gasteiger partial charge in [-0.15, -0.1) is 0 Å². The molecule has 0 amide bonds. The van der Waals surface area contributed by atoms with E-state index in [1.54, 1.807) is 0 Å². The Kier molecular flexibility index (Phi) is 21.3. The SMILES string of the molecule is CC(C)(C)CCCCCC(=O)O.CC(C)CCCCCCC(=O)O.[Co]. The van der Waals surface area contributed by atoms with E-state index in [1.807, 2.05) is 0 Å². The van der Waals surface area contributed by atoms with Crippen LogP contribution in [0.1, 0.15) is 105 Å². The zero-order valence-corrected chi connectivity index (χ0v) is 17.9. The van der Waals surface area contributed by atoms with Crippen LogP contribution >= 0.6 is 0 Å². The normalized spacial score (nSPS) is 10.6. The molecule has 1 radical (unpaired) electrons. The number of unbranched alkanes of at least 4 members (excludes halogenated alkanes) is 5. The van der Waals surface area contributed by atoms with Crippen molar-refractivity contribution in [2.45, 2.75) is 105 Å². The maximum absolute atomic E-state index is 10.2. The minimum atomic E-state index is -0.675. The first kappa shape index (κ1) is 29.2. The molecule has 0 aromatic carbocycles. The number of hydrogen-bond donors (Lipinski definition) is 2. The van der Waals surface area contributed by atoms with Gasteiger partial charge in [-0.05, 0) is 30.6 Å². The summed E-state index contributed by atoms with van der Waals surface area (Å²) in [5.41, 5.74) is 0.392. The molecule has 25 heavy (non-hydrogen) atoms. The summed E-state index contributed by atoms with van der Waals surface area (Å²) in [5.74, 6) is -0.561. The fourth-order valence-corrected chi connectivity index (χ4v) is 2.29. The second kappa shape index (κ2) is 18.2. The summed E-state index contributed by atoms with van der Waals surface area (Å²) >= 11 is 0. The summed E-state index contributed by atoms with van der Waals surface area (Å²) < 4.78 is 0. The molecule has 0 saturated carbocycles. The quantitative estimate of drug-likeness (QED) is 0.384. The smallest absolute Gasteiger partial charge is 0.303 e. The number of hydrogen-bond acceptors (Lipinski definition) is 2. The Labute approximate surface area is 165 Å². The summed E-state index contributed by atoms with van der Waals surface area (Å²) in [6.45, 7) is 11.1. The van der Waals surface area contributed by atoms with Gasteiger partial charge in [-0.3, -0.25) is 9.59 Å². The fourth-order valence-electron chi connectivity index (χ4n) is 2.29. The number of aliphatic carboxylic acids is 2. The fraction of sp³-hybridized carbons (Fsp3) is 0.900. The van der Waals surface area contributed by atoms with E-state index in [-0.39, 0.29) is 16.8 Å². The third-order valence-corrected chi connectivity index (χ3v) is 3.74. The third kappa shape index (κ3) is 35.4. The van der Waals surface area contributed by atoms with E-state index < -0.39 is 11.9 Å². The van der Waals surface area contributed by atoms with Crippen molar-refractivity contribution < 1.29 is 36.6 Å². The van der Waals surface area contributed by atoms with E-state index in [2.05, 4.69) is 34.6 Å². The number of carboxylic acids is 2. The first-order valence-corrected chi connectivity index (χ1v) is 9.48. The van der Waals surface area contributed by atoms with Crippen LogP contribution in [0.2, 0.25) is 0 Å². The number of rotatable bonds is 12. The van der Waals surface area contributed by atoms with Gasteiger partial charge in [-0.25, -0.2) is 0 Å². The Balaban J connectivity index is -0.000000372. The Morgan fingerprint density at radius 3 is 1.52 bits per heavy atom. The van der Waals surface area contributed by atoms with Crippen LogP contribution in [0.5, 0.6) is 0 Å². The third-order valence-electron chi connectivity index (χ3n) is 3.74. The minimum Gasteiger partial charge on any atom is -0.481 e. The van der Waals surface area contributed by atoms with Gasteiger partial charge in [0.15, 0.2) is 0 Å². The minimum absolute atomic E-state index is 0. The average Bonchev–Trinajstić information content (AvgIpc) is 2.41. The number of carbonyl (C=O) groups is 2. The van der Waals surface area contributed by atoms with Crippen LogP contribution in [0, 0.1) is 11.3 Å². The average molecular weight is 403 g/mol. The van der Waals surface area contributed by atoms with Crippen LogP contribution in [0.4, 0.5) is 0 Å². The molecule has 0 fully saturated rings. The first-order valence-electron chi connectivity index (χ1n) is 9.48. The second-order valence-corrected chi connectivity index (χ2v) is 8.26. The molecule has 0 rings (SSSR count). The van der Waals surface area contributed by atoms with Gasteiger partial charge >= 0.3 is 11.9 Å². The van der Waals surface area contributed by atoms with Crippen LogP contribution < -0.4 is 0 Å². The van der Waals surface area contributed by atoms with E-state index in [1.165, 1.54) is 25.7 Å². The van der Waals surface area contributed by atoms with Gasteiger partial charge in [0.2, 0.25) is 0 Å². The maximum Gasteiger partial charge on any atom is 0.303 e. The van der Waals surface area contributed by atoms with E-state index in [9.17, 15) is 9.59 Å². The molecule has 0 unspecified atom stereocenters. The summed E-state index contributed by atoms with van der Waals surface area (Å²) in [7, 11) is 0. The van der Waals surface area contributed by atoms with Gasteiger partial charge in [0, 0.05) is 29.6 Å². The summed E-state index contributed by atoms with van der Waals surface area (Å²) in [4.78, 5) is 20.3. The zero-order chi connectivity index (χ0) is 19.0. The van der Waals surface area contributed by atoms with E-state index in [0.29, 0.717) is 18.3 Å². The van der Waals surface area contributed by atoms with Crippen LogP contribution in [0.3, 0.4) is 0 Å². The van der Waals surface area contributed by atoms with Crippen molar-refractivity contribution in [2.24, 2.45) is 11.3 Å². The molecule has 0 heterocycles. The molecule has 0 atom stereocenters. The van der Waals surface area contributed by atoms with Crippen LogP contribution in [0.25, 0.3) is 0 Å². The molecule has 0 saturated heterocycles. The van der Waals surface area contributed by atoms with Crippen LogP contribution in [0.15, 0.2) is 0 Å². The van der Waals surface area contributed by atoms with Crippen molar-refractivity contribution >= 4 is 11.9 Å². The molecule has 2 N–H and O–H groups in total. The zero-order valence-electron chi connectivity index (χ0n) is 16.9. The van der Waals surface area contributed by atoms with Gasteiger partial charge in [-0.2, -0.15) is 0 Å². The Morgan fingerprint density at radius 1 is 0.760 bits per heavy atom. The second-order valence-electron chi connectivity index (χ2n) is 8.26. The monoisotopic (exact) mass is 403 g/mol. The van der Waals surface area contributed by atoms with E-state index in [4.69, 9.17) is 10.2 Å². The molecule has 0 aromatic heterocycles. The van der Waals surface area contributed by atoms with Gasteiger partial charge in [0.05, 0.1) is 0 Å². The predicted octanol–water partition coefficient (Wildman–Crippen LogP) is 6.13. The largest absolute Gasteiger partial charge is 0.481 e. The molecule has 4 nitrogen and oxygen atoms in total. The molecular formula is C20H40CoO4.